The fraction of sp³-hybridized carbons (Fsp3) is 0.381. The molecule has 0 spiro atoms. The predicted octanol–water partition coefficient (Wildman–Crippen LogP) is 1.31. The Balaban J connectivity index is 0.00000420. The second-order valence-corrected chi connectivity index (χ2v) is 10.3. The van der Waals surface area contributed by atoms with Crippen LogP contribution in [0.2, 0.25) is 0 Å². The second-order valence-electron chi connectivity index (χ2n) is 6.80. The summed E-state index contributed by atoms with van der Waals surface area (Å²) in [5.41, 5.74) is 3.50. The average Bonchev–Trinajstić information content (AvgIpc) is 2.66. The second kappa shape index (κ2) is 13.1. The van der Waals surface area contributed by atoms with Gasteiger partial charge in [0, 0.05) is 50.2 Å². The summed E-state index contributed by atoms with van der Waals surface area (Å²) < 4.78 is 32.2. The van der Waals surface area contributed by atoms with E-state index in [0.717, 1.165) is 43.5 Å². The van der Waals surface area contributed by atoms with Gasteiger partial charge in [-0.25, -0.2) is 0 Å². The molecule has 2 rings (SSSR count). The van der Waals surface area contributed by atoms with Crippen LogP contribution in [0, 0.1) is 0 Å². The Kier molecular flexibility index (Phi) is 11.6. The smallest absolute Gasteiger partial charge is 0.319 e. The molecular weight excluding hydrogens is 472 g/mol. The average molecular weight is 502 g/mol. The molecule has 0 atom stereocenters. The summed E-state index contributed by atoms with van der Waals surface area (Å²) in [6.45, 7) is 0.922. The van der Waals surface area contributed by atoms with Gasteiger partial charge in [0.25, 0.3) is 0 Å². The predicted molar refractivity (Wildman–Crippen MR) is 119 cm³/mol. The van der Waals surface area contributed by atoms with Crippen molar-refractivity contribution in [2.75, 3.05) is 24.7 Å². The van der Waals surface area contributed by atoms with Gasteiger partial charge in [0.15, 0.2) is 6.20 Å². The van der Waals surface area contributed by atoms with Crippen LogP contribution in [0.3, 0.4) is 0 Å². The lowest BCUT2D eigenvalue weighted by atomic mass is 10.1. The first-order valence-electron chi connectivity index (χ1n) is 9.41. The molecule has 1 N–H and O–H groups in total. The molecule has 0 aliphatic heterocycles. The fourth-order valence-electron chi connectivity index (χ4n) is 2.81. The molecule has 8 heteroatoms. The third-order valence-corrected chi connectivity index (χ3v) is 6.50. The van der Waals surface area contributed by atoms with Crippen molar-refractivity contribution < 1.29 is 34.5 Å². The normalized spacial score (nSPS) is 11.4. The molecule has 5 nitrogen and oxygen atoms in total. The van der Waals surface area contributed by atoms with Crippen molar-refractivity contribution in [3.63, 3.8) is 0 Å². The maximum absolute atomic E-state index is 10.7. The molecule has 160 valence electrons. The number of hydrogen-bond acceptors (Lipinski definition) is 4. The van der Waals surface area contributed by atoms with Crippen molar-refractivity contribution >= 4 is 37.8 Å². The Morgan fingerprint density at radius 2 is 1.69 bits per heavy atom. The molecule has 1 heterocycles. The highest BCUT2D eigenvalue weighted by atomic mass is 79.9. The van der Waals surface area contributed by atoms with Crippen LogP contribution in [0.1, 0.15) is 36.9 Å². The van der Waals surface area contributed by atoms with E-state index in [1.807, 2.05) is 26.2 Å². The molecule has 0 aliphatic carbocycles. The molecule has 0 bridgehead atoms. The van der Waals surface area contributed by atoms with Crippen molar-refractivity contribution in [3.8, 4) is 0 Å². The molecule has 0 saturated carbocycles. The lowest BCUT2D eigenvalue weighted by molar-refractivity contribution is -0.699. The number of anilines is 1. The van der Waals surface area contributed by atoms with E-state index in [4.69, 9.17) is 4.55 Å². The molecule has 1 aromatic heterocycles. The standard InChI is InChI=1S/C21H28N2O3S2.BrH/c1-22(2)20-13-10-19(11-14-20)12-15-21-9-5-7-17-23(21)16-6-3-4-8-18-27-28(24,25)26;/h5,7,9-15,17H,3-4,6,8,16,18H2,1-2H3;1H. The van der Waals surface area contributed by atoms with E-state index < -0.39 is 9.15 Å². The highest BCUT2D eigenvalue weighted by Gasteiger charge is 2.07. The van der Waals surface area contributed by atoms with Gasteiger partial charge in [0.1, 0.15) is 6.54 Å². The summed E-state index contributed by atoms with van der Waals surface area (Å²) in [7, 11) is 0.775. The maximum atomic E-state index is 10.7. The highest BCUT2D eigenvalue weighted by molar-refractivity contribution is 8.69. The molecule has 0 amide bonds. The van der Waals surface area contributed by atoms with Crippen molar-refractivity contribution in [1.29, 1.82) is 0 Å². The maximum Gasteiger partial charge on any atom is 0.319 e. The molecule has 1 aromatic carbocycles. The third-order valence-electron chi connectivity index (χ3n) is 4.36. The summed E-state index contributed by atoms with van der Waals surface area (Å²) in [4.78, 5) is 2.08. The fourth-order valence-corrected chi connectivity index (χ4v) is 4.33. The number of pyridine rings is 1. The summed E-state index contributed by atoms with van der Waals surface area (Å²) >= 11 is 0. The van der Waals surface area contributed by atoms with Gasteiger partial charge in [-0.1, -0.05) is 18.6 Å². The molecule has 0 fully saturated rings. The van der Waals surface area contributed by atoms with Gasteiger partial charge in [-0.3, -0.25) is 4.55 Å². The Morgan fingerprint density at radius 3 is 2.34 bits per heavy atom. The first-order valence-corrected chi connectivity index (χ1v) is 12.4. The zero-order valence-corrected chi connectivity index (χ0v) is 20.1. The number of aromatic nitrogens is 1. The third kappa shape index (κ3) is 10.3. The zero-order chi connectivity index (χ0) is 20.4. The lowest BCUT2D eigenvalue weighted by Gasteiger charge is -2.11. The van der Waals surface area contributed by atoms with Gasteiger partial charge < -0.3 is 21.9 Å². The van der Waals surface area contributed by atoms with Crippen LogP contribution in [0.5, 0.6) is 0 Å². The summed E-state index contributed by atoms with van der Waals surface area (Å²) in [6.07, 6.45) is 10.2. The SMILES string of the molecule is CN(C)c1ccc(/C=C/c2cccc[n+]2CCCCCCSS(=O)(=O)O)cc1.[Br-]. The summed E-state index contributed by atoms with van der Waals surface area (Å²) in [6, 6.07) is 14.6. The van der Waals surface area contributed by atoms with Crippen molar-refractivity contribution in [1.82, 2.24) is 0 Å². The van der Waals surface area contributed by atoms with E-state index in [1.165, 1.54) is 5.69 Å². The number of benzene rings is 1. The molecule has 2 aromatic rings. The van der Waals surface area contributed by atoms with Crippen LogP contribution in [0.25, 0.3) is 12.2 Å². The Labute approximate surface area is 188 Å². The van der Waals surface area contributed by atoms with Gasteiger partial charge in [0.2, 0.25) is 5.69 Å². The molecule has 0 radical (unpaired) electrons. The highest BCUT2D eigenvalue weighted by Crippen LogP contribution is 2.15. The van der Waals surface area contributed by atoms with Crippen LogP contribution in [0.15, 0.2) is 48.7 Å². The van der Waals surface area contributed by atoms with Gasteiger partial charge in [-0.2, -0.15) is 13.0 Å². The number of rotatable bonds is 11. The van der Waals surface area contributed by atoms with Crippen molar-refractivity contribution in [2.24, 2.45) is 0 Å². The minimum atomic E-state index is -3.90. The summed E-state index contributed by atoms with van der Waals surface area (Å²) in [5, 5.41) is 0. The number of aryl methyl sites for hydroxylation is 1. The molecule has 0 saturated heterocycles. The van der Waals surface area contributed by atoms with E-state index >= 15 is 0 Å². The number of hydrogen-bond donors (Lipinski definition) is 1. The van der Waals surface area contributed by atoms with Gasteiger partial charge in [-0.15, -0.1) is 0 Å². The first kappa shape index (κ1) is 25.7. The Morgan fingerprint density at radius 1 is 1.00 bits per heavy atom. The number of halogens is 1. The number of unbranched alkanes of at least 4 members (excludes halogenated alkanes) is 3. The topological polar surface area (TPSA) is 61.5 Å². The van der Waals surface area contributed by atoms with Crippen LogP contribution in [-0.2, 0) is 15.7 Å². The molecular formula is C21H29BrN2O3S2. The van der Waals surface area contributed by atoms with Crippen LogP contribution in [-0.4, -0.2) is 32.8 Å². The number of nitrogens with zero attached hydrogens (tertiary/aromatic N) is 2. The first-order chi connectivity index (χ1) is 13.3. The van der Waals surface area contributed by atoms with Crippen molar-refractivity contribution in [2.45, 2.75) is 32.2 Å². The largest absolute Gasteiger partial charge is 1.00 e. The molecule has 0 aliphatic rings. The Bertz CT molecular complexity index is 870. The van der Waals surface area contributed by atoms with E-state index in [-0.39, 0.29) is 17.0 Å². The molecule has 0 unspecified atom stereocenters. The minimum Gasteiger partial charge on any atom is -1.00 e. The van der Waals surface area contributed by atoms with E-state index in [2.05, 4.69) is 58.1 Å². The van der Waals surface area contributed by atoms with Crippen LogP contribution < -0.4 is 26.4 Å². The van der Waals surface area contributed by atoms with E-state index in [1.54, 1.807) is 0 Å². The van der Waals surface area contributed by atoms with Crippen LogP contribution >= 0.6 is 10.8 Å². The monoisotopic (exact) mass is 500 g/mol. The van der Waals surface area contributed by atoms with Gasteiger partial charge >= 0.3 is 9.15 Å². The zero-order valence-electron chi connectivity index (χ0n) is 16.9. The van der Waals surface area contributed by atoms with Crippen LogP contribution in [0.4, 0.5) is 5.69 Å². The minimum absolute atomic E-state index is 0. The Hall–Kier alpha value is -1.35. The summed E-state index contributed by atoms with van der Waals surface area (Å²) in [5.74, 6) is 0.442. The van der Waals surface area contributed by atoms with Gasteiger partial charge in [-0.05, 0) is 53.5 Å². The molecule has 29 heavy (non-hydrogen) atoms. The van der Waals surface area contributed by atoms with Gasteiger partial charge in [0.05, 0.1) is 0 Å². The van der Waals surface area contributed by atoms with E-state index in [9.17, 15) is 8.42 Å². The lowest BCUT2D eigenvalue weighted by Crippen LogP contribution is -3.00. The van der Waals surface area contributed by atoms with Crippen molar-refractivity contribution in [3.05, 3.63) is 59.9 Å². The quantitative estimate of drug-likeness (QED) is 0.218. The van der Waals surface area contributed by atoms with E-state index in [0.29, 0.717) is 16.5 Å².